The second-order valence-electron chi connectivity index (χ2n) is 6.89. The zero-order valence-corrected chi connectivity index (χ0v) is 17.3. The minimum absolute atomic E-state index is 0.00269. The van der Waals surface area contributed by atoms with Gasteiger partial charge in [0.05, 0.1) is 11.5 Å². The Kier molecular flexibility index (Phi) is 7.53. The SMILES string of the molecule is CCOC(=O)NC(C(=O)N1CCN(S(=O)(=O)c2ccc(F)c(F)c2)CC1)C(C)C. The molecule has 1 heterocycles. The van der Waals surface area contributed by atoms with Crippen LogP contribution in [0.2, 0.25) is 0 Å². The van der Waals surface area contributed by atoms with Gasteiger partial charge in [0.15, 0.2) is 11.6 Å². The van der Waals surface area contributed by atoms with E-state index in [1.165, 1.54) is 4.90 Å². The van der Waals surface area contributed by atoms with E-state index in [-0.39, 0.29) is 49.5 Å². The zero-order chi connectivity index (χ0) is 21.8. The lowest BCUT2D eigenvalue weighted by Gasteiger charge is -2.36. The molecule has 1 N–H and O–H groups in total. The highest BCUT2D eigenvalue weighted by molar-refractivity contribution is 7.89. The Balaban J connectivity index is 2.05. The minimum Gasteiger partial charge on any atom is -0.450 e. The molecule has 1 atom stereocenters. The number of piperazine rings is 1. The van der Waals surface area contributed by atoms with Crippen LogP contribution < -0.4 is 5.32 Å². The monoisotopic (exact) mass is 433 g/mol. The van der Waals surface area contributed by atoms with Gasteiger partial charge in [-0.2, -0.15) is 4.31 Å². The topological polar surface area (TPSA) is 96.0 Å². The Morgan fingerprint density at radius 2 is 1.76 bits per heavy atom. The predicted octanol–water partition coefficient (Wildman–Crippen LogP) is 1.57. The molecule has 11 heteroatoms. The zero-order valence-electron chi connectivity index (χ0n) is 16.5. The number of halogens is 2. The summed E-state index contributed by atoms with van der Waals surface area (Å²) in [5, 5.41) is 2.53. The summed E-state index contributed by atoms with van der Waals surface area (Å²) in [6.45, 7) is 5.58. The van der Waals surface area contributed by atoms with Gasteiger partial charge in [0, 0.05) is 26.2 Å². The first-order valence-corrected chi connectivity index (χ1v) is 10.7. The highest BCUT2D eigenvalue weighted by atomic mass is 32.2. The quantitative estimate of drug-likeness (QED) is 0.735. The third kappa shape index (κ3) is 5.41. The van der Waals surface area contributed by atoms with Crippen LogP contribution in [0.5, 0.6) is 0 Å². The lowest BCUT2D eigenvalue weighted by Crippen LogP contribution is -2.57. The van der Waals surface area contributed by atoms with Crippen LogP contribution in [-0.4, -0.2) is 68.5 Å². The molecule has 1 aromatic carbocycles. The lowest BCUT2D eigenvalue weighted by atomic mass is 10.0. The number of hydrogen-bond donors (Lipinski definition) is 1. The van der Waals surface area contributed by atoms with Crippen molar-refractivity contribution in [2.75, 3.05) is 32.8 Å². The van der Waals surface area contributed by atoms with Gasteiger partial charge in [-0.3, -0.25) is 4.79 Å². The van der Waals surface area contributed by atoms with Gasteiger partial charge in [0.2, 0.25) is 15.9 Å². The Labute approximate surface area is 168 Å². The average molecular weight is 433 g/mol. The standard InChI is InChI=1S/C18H25F2N3O5S/c1-4-28-18(25)21-16(12(2)3)17(24)22-7-9-23(10-8-22)29(26,27)13-5-6-14(19)15(20)11-13/h5-6,11-12,16H,4,7-10H2,1-3H3,(H,21,25). The van der Waals surface area contributed by atoms with Gasteiger partial charge in [-0.25, -0.2) is 22.0 Å². The second kappa shape index (κ2) is 9.49. The molecule has 0 saturated carbocycles. The molecule has 162 valence electrons. The van der Waals surface area contributed by atoms with Crippen molar-refractivity contribution in [1.29, 1.82) is 0 Å². The molecule has 0 bridgehead atoms. The largest absolute Gasteiger partial charge is 0.450 e. The number of alkyl carbamates (subject to hydrolysis) is 1. The van der Waals surface area contributed by atoms with Crippen molar-refractivity contribution in [2.24, 2.45) is 5.92 Å². The fourth-order valence-corrected chi connectivity index (χ4v) is 4.38. The van der Waals surface area contributed by atoms with Crippen molar-refractivity contribution < 1.29 is 31.5 Å². The van der Waals surface area contributed by atoms with E-state index >= 15 is 0 Å². The summed E-state index contributed by atoms with van der Waals surface area (Å²) in [5.41, 5.74) is 0. The molecule has 29 heavy (non-hydrogen) atoms. The maximum absolute atomic E-state index is 13.4. The third-order valence-corrected chi connectivity index (χ3v) is 6.46. The van der Waals surface area contributed by atoms with E-state index in [0.717, 1.165) is 16.4 Å². The van der Waals surface area contributed by atoms with Gasteiger partial charge in [-0.1, -0.05) is 13.8 Å². The molecule has 8 nitrogen and oxygen atoms in total. The van der Waals surface area contributed by atoms with Crippen LogP contribution >= 0.6 is 0 Å². The molecule has 1 aromatic rings. The number of nitrogens with zero attached hydrogens (tertiary/aromatic N) is 2. The first-order chi connectivity index (χ1) is 13.6. The van der Waals surface area contributed by atoms with Crippen molar-refractivity contribution in [3.8, 4) is 0 Å². The fraction of sp³-hybridized carbons (Fsp3) is 0.556. The van der Waals surface area contributed by atoms with Crippen LogP contribution in [-0.2, 0) is 19.6 Å². The molecule has 0 aliphatic carbocycles. The van der Waals surface area contributed by atoms with Gasteiger partial charge in [0.1, 0.15) is 6.04 Å². The van der Waals surface area contributed by atoms with Gasteiger partial charge < -0.3 is 15.0 Å². The Morgan fingerprint density at radius 1 is 1.14 bits per heavy atom. The summed E-state index contributed by atoms with van der Waals surface area (Å²) >= 11 is 0. The highest BCUT2D eigenvalue weighted by Gasteiger charge is 2.34. The molecule has 2 amide bonds. The van der Waals surface area contributed by atoms with E-state index in [4.69, 9.17) is 4.74 Å². The molecule has 1 fully saturated rings. The molecule has 1 unspecified atom stereocenters. The van der Waals surface area contributed by atoms with Crippen molar-refractivity contribution in [3.05, 3.63) is 29.8 Å². The number of amides is 2. The van der Waals surface area contributed by atoms with Crippen LogP contribution in [0.4, 0.5) is 13.6 Å². The summed E-state index contributed by atoms with van der Waals surface area (Å²) in [6, 6.07) is 1.60. The molecule has 2 rings (SSSR count). The van der Waals surface area contributed by atoms with E-state index in [9.17, 15) is 26.8 Å². The number of hydrogen-bond acceptors (Lipinski definition) is 5. The third-order valence-electron chi connectivity index (χ3n) is 4.56. The summed E-state index contributed by atoms with van der Waals surface area (Å²) in [6.07, 6.45) is -0.695. The number of rotatable bonds is 6. The fourth-order valence-electron chi connectivity index (χ4n) is 2.95. The molecule has 1 aliphatic rings. The van der Waals surface area contributed by atoms with E-state index in [0.29, 0.717) is 6.07 Å². The van der Waals surface area contributed by atoms with Crippen molar-refractivity contribution in [3.63, 3.8) is 0 Å². The Bertz CT molecular complexity index is 855. The number of carbonyl (C=O) groups excluding carboxylic acids is 2. The normalized spacial score (nSPS) is 16.6. The van der Waals surface area contributed by atoms with Gasteiger partial charge in [0.25, 0.3) is 0 Å². The number of carbonyl (C=O) groups is 2. The molecule has 0 spiro atoms. The maximum atomic E-state index is 13.4. The lowest BCUT2D eigenvalue weighted by molar-refractivity contribution is -0.135. The van der Waals surface area contributed by atoms with Crippen molar-refractivity contribution in [1.82, 2.24) is 14.5 Å². The van der Waals surface area contributed by atoms with E-state index < -0.39 is 33.8 Å². The second-order valence-corrected chi connectivity index (χ2v) is 8.83. The highest BCUT2D eigenvalue weighted by Crippen LogP contribution is 2.20. The van der Waals surface area contributed by atoms with Gasteiger partial charge >= 0.3 is 6.09 Å². The van der Waals surface area contributed by atoms with E-state index in [1.807, 2.05) is 0 Å². The summed E-state index contributed by atoms with van der Waals surface area (Å²) in [5.74, 6) is -2.91. The van der Waals surface area contributed by atoms with Crippen LogP contribution in [0.15, 0.2) is 23.1 Å². The minimum atomic E-state index is -4.01. The molecule has 0 aromatic heterocycles. The summed E-state index contributed by atoms with van der Waals surface area (Å²) in [4.78, 5) is 25.6. The van der Waals surface area contributed by atoms with Crippen LogP contribution in [0.3, 0.4) is 0 Å². The van der Waals surface area contributed by atoms with Crippen LogP contribution in [0.25, 0.3) is 0 Å². The molecule has 1 aliphatic heterocycles. The number of ether oxygens (including phenoxy) is 1. The van der Waals surface area contributed by atoms with Gasteiger partial charge in [-0.15, -0.1) is 0 Å². The molecular weight excluding hydrogens is 408 g/mol. The molecule has 0 radical (unpaired) electrons. The molecular formula is C18H25F2N3O5S. The van der Waals surface area contributed by atoms with E-state index in [1.54, 1.807) is 20.8 Å². The van der Waals surface area contributed by atoms with Gasteiger partial charge in [-0.05, 0) is 31.0 Å². The number of sulfonamides is 1. The van der Waals surface area contributed by atoms with E-state index in [2.05, 4.69) is 5.32 Å². The molecule has 1 saturated heterocycles. The smallest absolute Gasteiger partial charge is 0.407 e. The number of nitrogens with one attached hydrogen (secondary N) is 1. The Morgan fingerprint density at radius 3 is 2.28 bits per heavy atom. The maximum Gasteiger partial charge on any atom is 0.407 e. The predicted molar refractivity (Wildman–Crippen MR) is 100 cm³/mol. The average Bonchev–Trinajstić information content (AvgIpc) is 2.67. The first kappa shape index (κ1) is 23.0. The number of benzene rings is 1. The Hall–Kier alpha value is -2.27. The van der Waals surface area contributed by atoms with Crippen LogP contribution in [0, 0.1) is 17.6 Å². The summed E-state index contributed by atoms with van der Waals surface area (Å²) < 4.78 is 57.7. The summed E-state index contributed by atoms with van der Waals surface area (Å²) in [7, 11) is -4.01. The van der Waals surface area contributed by atoms with Crippen molar-refractivity contribution >= 4 is 22.0 Å². The first-order valence-electron chi connectivity index (χ1n) is 9.25. The van der Waals surface area contributed by atoms with Crippen LogP contribution in [0.1, 0.15) is 20.8 Å². The van der Waals surface area contributed by atoms with Crippen molar-refractivity contribution in [2.45, 2.75) is 31.7 Å².